The number of hydrogen-bond acceptors (Lipinski definition) is 4. The topological polar surface area (TPSA) is 55.6 Å². The first kappa shape index (κ1) is 18.8. The Morgan fingerprint density at radius 3 is 2.62 bits per heavy atom. The summed E-state index contributed by atoms with van der Waals surface area (Å²) in [4.78, 5) is 16.0. The third kappa shape index (κ3) is 5.02. The number of ether oxygens (including phenoxy) is 1. The smallest absolute Gasteiger partial charge is 0.253 e. The maximum atomic E-state index is 12.8. The van der Waals surface area contributed by atoms with Crippen LogP contribution < -0.4 is 10.5 Å². The van der Waals surface area contributed by atoms with Gasteiger partial charge in [-0.25, -0.2) is 0 Å². The number of benzene rings is 2. The summed E-state index contributed by atoms with van der Waals surface area (Å²) >= 11 is 1.92. The second-order valence-corrected chi connectivity index (χ2v) is 7.96. The number of nitrogens with two attached hydrogens (primary N) is 1. The minimum absolute atomic E-state index is 0.0852. The highest BCUT2D eigenvalue weighted by Gasteiger charge is 2.24. The van der Waals surface area contributed by atoms with Crippen LogP contribution in [0.25, 0.3) is 0 Å². The zero-order valence-electron chi connectivity index (χ0n) is 15.2. The zero-order valence-corrected chi connectivity index (χ0v) is 16.0. The second kappa shape index (κ2) is 9.10. The molecular formula is C21H26N2O2S. The van der Waals surface area contributed by atoms with Gasteiger partial charge < -0.3 is 15.4 Å². The van der Waals surface area contributed by atoms with Crippen molar-refractivity contribution in [2.24, 2.45) is 5.73 Å². The van der Waals surface area contributed by atoms with Crippen molar-refractivity contribution >= 4 is 17.7 Å². The molecule has 0 atom stereocenters. The van der Waals surface area contributed by atoms with Gasteiger partial charge in [-0.1, -0.05) is 23.8 Å². The number of aryl methyl sites for hydroxylation is 1. The lowest BCUT2D eigenvalue weighted by Gasteiger charge is -2.31. The molecule has 1 aliphatic heterocycles. The summed E-state index contributed by atoms with van der Waals surface area (Å²) in [5.74, 6) is 0.785. The van der Waals surface area contributed by atoms with E-state index in [0.29, 0.717) is 29.7 Å². The van der Waals surface area contributed by atoms with Crippen molar-refractivity contribution in [3.8, 4) is 5.75 Å². The second-order valence-electron chi connectivity index (χ2n) is 6.59. The first-order chi connectivity index (χ1) is 12.7. The molecule has 1 saturated heterocycles. The number of carbonyl (C=O) groups excluding carboxylic acids is 1. The fourth-order valence-corrected chi connectivity index (χ4v) is 4.19. The first-order valence-corrected chi connectivity index (χ1v) is 9.99. The Morgan fingerprint density at radius 1 is 1.19 bits per heavy atom. The van der Waals surface area contributed by atoms with Crippen LogP contribution in [0.4, 0.5) is 0 Å². The minimum Gasteiger partial charge on any atom is -0.492 e. The molecule has 0 radical (unpaired) electrons. The van der Waals surface area contributed by atoms with Crippen molar-refractivity contribution in [3.63, 3.8) is 0 Å². The molecule has 5 heteroatoms. The van der Waals surface area contributed by atoms with Gasteiger partial charge in [0.15, 0.2) is 0 Å². The average molecular weight is 371 g/mol. The molecular weight excluding hydrogens is 344 g/mol. The average Bonchev–Trinajstić information content (AvgIpc) is 2.68. The lowest BCUT2D eigenvalue weighted by molar-refractivity contribution is 0.0727. The van der Waals surface area contributed by atoms with Crippen LogP contribution in [0.3, 0.4) is 0 Å². The molecule has 1 heterocycles. The van der Waals surface area contributed by atoms with E-state index in [1.807, 2.05) is 40.9 Å². The van der Waals surface area contributed by atoms with Crippen molar-refractivity contribution in [1.29, 1.82) is 0 Å². The maximum absolute atomic E-state index is 12.8. The van der Waals surface area contributed by atoms with Crippen LogP contribution in [0.2, 0.25) is 0 Å². The van der Waals surface area contributed by atoms with Gasteiger partial charge in [0.2, 0.25) is 0 Å². The zero-order chi connectivity index (χ0) is 18.4. The molecule has 0 saturated carbocycles. The van der Waals surface area contributed by atoms with Crippen LogP contribution in [-0.2, 0) is 0 Å². The van der Waals surface area contributed by atoms with Gasteiger partial charge in [-0.05, 0) is 50.1 Å². The van der Waals surface area contributed by atoms with Crippen LogP contribution >= 0.6 is 11.8 Å². The molecule has 4 nitrogen and oxygen atoms in total. The monoisotopic (exact) mass is 370 g/mol. The van der Waals surface area contributed by atoms with E-state index in [9.17, 15) is 4.79 Å². The van der Waals surface area contributed by atoms with Crippen LogP contribution in [0, 0.1) is 6.92 Å². The number of carbonyl (C=O) groups is 1. The molecule has 0 spiro atoms. The van der Waals surface area contributed by atoms with Crippen LogP contribution in [0.15, 0.2) is 53.4 Å². The molecule has 0 unspecified atom stereocenters. The molecule has 1 aliphatic rings. The van der Waals surface area contributed by atoms with Gasteiger partial charge >= 0.3 is 0 Å². The summed E-state index contributed by atoms with van der Waals surface area (Å²) in [7, 11) is 0. The number of rotatable bonds is 6. The van der Waals surface area contributed by atoms with Crippen LogP contribution in [0.1, 0.15) is 28.8 Å². The molecule has 0 bridgehead atoms. The predicted molar refractivity (Wildman–Crippen MR) is 107 cm³/mol. The maximum Gasteiger partial charge on any atom is 0.253 e. The van der Waals surface area contributed by atoms with Gasteiger partial charge in [0.05, 0.1) is 0 Å². The molecule has 1 fully saturated rings. The van der Waals surface area contributed by atoms with E-state index < -0.39 is 0 Å². The number of amides is 1. The van der Waals surface area contributed by atoms with Crippen molar-refractivity contribution < 1.29 is 9.53 Å². The Morgan fingerprint density at radius 2 is 1.92 bits per heavy atom. The predicted octanol–water partition coefficient (Wildman–Crippen LogP) is 3.73. The third-order valence-corrected chi connectivity index (χ3v) is 5.87. The molecule has 138 valence electrons. The lowest BCUT2D eigenvalue weighted by Crippen LogP contribution is -2.39. The van der Waals surface area contributed by atoms with Gasteiger partial charge in [0, 0.05) is 35.3 Å². The highest BCUT2D eigenvalue weighted by molar-refractivity contribution is 8.00. The van der Waals surface area contributed by atoms with Gasteiger partial charge in [0.25, 0.3) is 5.91 Å². The normalized spacial score (nSPS) is 15.1. The van der Waals surface area contributed by atoms with Crippen molar-refractivity contribution in [1.82, 2.24) is 4.90 Å². The van der Waals surface area contributed by atoms with E-state index in [4.69, 9.17) is 10.5 Å². The molecule has 3 rings (SSSR count). The molecule has 0 aliphatic carbocycles. The molecule has 2 N–H and O–H groups in total. The number of likely N-dealkylation sites (tertiary alicyclic amines) is 1. The summed E-state index contributed by atoms with van der Waals surface area (Å²) in [6.07, 6.45) is 2.04. The summed E-state index contributed by atoms with van der Waals surface area (Å²) in [6.45, 7) is 4.63. The Hall–Kier alpha value is -1.98. The van der Waals surface area contributed by atoms with E-state index in [2.05, 4.69) is 31.2 Å². The third-order valence-electron chi connectivity index (χ3n) is 4.52. The largest absolute Gasteiger partial charge is 0.492 e. The molecule has 2 aromatic rings. The number of piperidine rings is 1. The van der Waals surface area contributed by atoms with E-state index in [-0.39, 0.29) is 5.91 Å². The highest BCUT2D eigenvalue weighted by atomic mass is 32.2. The lowest BCUT2D eigenvalue weighted by atomic mass is 10.1. The van der Waals surface area contributed by atoms with Crippen molar-refractivity contribution in [2.45, 2.75) is 29.9 Å². The van der Waals surface area contributed by atoms with Crippen molar-refractivity contribution in [3.05, 3.63) is 59.7 Å². The van der Waals surface area contributed by atoms with Gasteiger partial charge in [-0.15, -0.1) is 11.8 Å². The minimum atomic E-state index is 0.0852. The van der Waals surface area contributed by atoms with E-state index in [1.54, 1.807) is 0 Å². The standard InChI is InChI=1S/C21H26N2O2S/c1-16-5-7-19(8-6-16)26-20-9-12-23(13-10-20)21(24)17-3-2-4-18(15-17)25-14-11-22/h2-8,15,20H,9-14,22H2,1H3. The van der Waals surface area contributed by atoms with E-state index in [1.165, 1.54) is 10.5 Å². The summed E-state index contributed by atoms with van der Waals surface area (Å²) in [6, 6.07) is 16.1. The SMILES string of the molecule is Cc1ccc(SC2CCN(C(=O)c3cccc(OCCN)c3)CC2)cc1. The Labute approximate surface area is 159 Å². The number of nitrogens with zero attached hydrogens (tertiary/aromatic N) is 1. The molecule has 2 aromatic carbocycles. The Bertz CT molecular complexity index is 725. The fourth-order valence-electron chi connectivity index (χ4n) is 3.06. The summed E-state index contributed by atoms with van der Waals surface area (Å²) in [5, 5.41) is 0.570. The number of hydrogen-bond donors (Lipinski definition) is 1. The first-order valence-electron chi connectivity index (χ1n) is 9.11. The highest BCUT2D eigenvalue weighted by Crippen LogP contribution is 2.31. The fraction of sp³-hybridized carbons (Fsp3) is 0.381. The van der Waals surface area contributed by atoms with Crippen molar-refractivity contribution in [2.75, 3.05) is 26.2 Å². The van der Waals surface area contributed by atoms with E-state index >= 15 is 0 Å². The quantitative estimate of drug-likeness (QED) is 0.842. The van der Waals surface area contributed by atoms with E-state index in [0.717, 1.165) is 25.9 Å². The van der Waals surface area contributed by atoms with Crippen LogP contribution in [0.5, 0.6) is 5.75 Å². The summed E-state index contributed by atoms with van der Waals surface area (Å²) < 4.78 is 5.53. The Kier molecular flexibility index (Phi) is 6.58. The molecule has 0 aromatic heterocycles. The van der Waals surface area contributed by atoms with Gasteiger partial charge in [-0.3, -0.25) is 4.79 Å². The van der Waals surface area contributed by atoms with Gasteiger partial charge in [-0.2, -0.15) is 0 Å². The van der Waals surface area contributed by atoms with Crippen LogP contribution in [-0.4, -0.2) is 42.3 Å². The summed E-state index contributed by atoms with van der Waals surface area (Å²) in [5.41, 5.74) is 7.43. The number of thioether (sulfide) groups is 1. The molecule has 26 heavy (non-hydrogen) atoms. The van der Waals surface area contributed by atoms with Gasteiger partial charge in [0.1, 0.15) is 12.4 Å². The Balaban J connectivity index is 1.54. The molecule has 1 amide bonds.